The van der Waals surface area contributed by atoms with Crippen LogP contribution in [0, 0.1) is 0 Å². The van der Waals surface area contributed by atoms with Crippen molar-refractivity contribution < 1.29 is 9.90 Å². The molecule has 0 radical (unpaired) electrons. The number of amides is 1. The first-order valence-corrected chi connectivity index (χ1v) is 8.31. The van der Waals surface area contributed by atoms with Crippen LogP contribution in [0.1, 0.15) is 19.8 Å². The molecule has 0 spiro atoms. The Morgan fingerprint density at radius 1 is 1.38 bits per heavy atom. The van der Waals surface area contributed by atoms with Crippen LogP contribution in [0.4, 0.5) is 5.69 Å². The zero-order chi connectivity index (χ0) is 15.4. The van der Waals surface area contributed by atoms with Gasteiger partial charge in [-0.3, -0.25) is 4.79 Å². The normalized spacial score (nSPS) is 16.8. The molecule has 1 aliphatic rings. The molecule has 1 aromatic carbocycles. The Labute approximate surface area is 140 Å². The fourth-order valence-electron chi connectivity index (χ4n) is 2.13. The molecule has 0 aliphatic carbocycles. The van der Waals surface area contributed by atoms with E-state index in [1.165, 1.54) is 0 Å². The van der Waals surface area contributed by atoms with E-state index in [1.807, 2.05) is 37.3 Å². The highest BCUT2D eigenvalue weighted by molar-refractivity contribution is 9.28. The molecule has 21 heavy (non-hydrogen) atoms. The summed E-state index contributed by atoms with van der Waals surface area (Å²) < 4.78 is 0.685. The van der Waals surface area contributed by atoms with Gasteiger partial charge in [0.15, 0.2) is 0 Å². The number of aliphatic hydroxyl groups excluding tert-OH is 1. The van der Waals surface area contributed by atoms with Crippen LogP contribution < -0.4 is 4.90 Å². The van der Waals surface area contributed by atoms with Crippen molar-refractivity contribution in [1.82, 2.24) is 0 Å². The summed E-state index contributed by atoms with van der Waals surface area (Å²) in [6.45, 7) is 2.32. The van der Waals surface area contributed by atoms with E-state index in [0.717, 1.165) is 12.1 Å². The number of carbonyl (C=O) groups is 1. The SMILES string of the molecule is CCCC(O)C1=NC(=C(Br)Br)CN(c2ccccc2)C1=O. The summed E-state index contributed by atoms with van der Waals surface area (Å²) in [6, 6.07) is 9.39. The topological polar surface area (TPSA) is 52.9 Å². The van der Waals surface area contributed by atoms with Crippen molar-refractivity contribution in [1.29, 1.82) is 0 Å². The average molecular weight is 416 g/mol. The Hall–Kier alpha value is -0.980. The van der Waals surface area contributed by atoms with Crippen LogP contribution in [0.2, 0.25) is 0 Å². The molecule has 0 fully saturated rings. The van der Waals surface area contributed by atoms with Gasteiger partial charge in [0.05, 0.1) is 15.6 Å². The van der Waals surface area contributed by atoms with Gasteiger partial charge >= 0.3 is 0 Å². The van der Waals surface area contributed by atoms with E-state index >= 15 is 0 Å². The number of benzene rings is 1. The molecule has 0 saturated carbocycles. The van der Waals surface area contributed by atoms with Gasteiger partial charge in [-0.25, -0.2) is 4.99 Å². The Bertz CT molecular complexity index is 581. The number of aliphatic hydroxyl groups is 1. The molecule has 1 amide bonds. The van der Waals surface area contributed by atoms with Crippen molar-refractivity contribution in [3.05, 3.63) is 39.4 Å². The van der Waals surface area contributed by atoms with E-state index in [2.05, 4.69) is 36.9 Å². The van der Waals surface area contributed by atoms with Gasteiger partial charge in [0.25, 0.3) is 5.91 Å². The molecular weight excluding hydrogens is 400 g/mol. The summed E-state index contributed by atoms with van der Waals surface area (Å²) in [5.74, 6) is -0.243. The number of rotatable bonds is 4. The van der Waals surface area contributed by atoms with Crippen LogP contribution in [-0.4, -0.2) is 29.4 Å². The zero-order valence-electron chi connectivity index (χ0n) is 11.6. The van der Waals surface area contributed by atoms with Gasteiger partial charge in [-0.15, -0.1) is 0 Å². The Morgan fingerprint density at radius 2 is 2.05 bits per heavy atom. The molecule has 1 heterocycles. The van der Waals surface area contributed by atoms with Crippen LogP contribution in [0.3, 0.4) is 0 Å². The molecule has 4 nitrogen and oxygen atoms in total. The monoisotopic (exact) mass is 414 g/mol. The van der Waals surface area contributed by atoms with E-state index in [4.69, 9.17) is 0 Å². The molecular formula is C15H16Br2N2O2. The summed E-state index contributed by atoms with van der Waals surface area (Å²) in [4.78, 5) is 18.5. The lowest BCUT2D eigenvalue weighted by Crippen LogP contribution is -2.46. The predicted octanol–water partition coefficient (Wildman–Crippen LogP) is 3.59. The van der Waals surface area contributed by atoms with Crippen molar-refractivity contribution >= 4 is 49.2 Å². The second kappa shape index (κ2) is 7.33. The molecule has 112 valence electrons. The first-order chi connectivity index (χ1) is 10.0. The maximum atomic E-state index is 12.6. The van der Waals surface area contributed by atoms with Crippen LogP contribution in [0.25, 0.3) is 0 Å². The van der Waals surface area contributed by atoms with Gasteiger partial charge in [-0.1, -0.05) is 31.5 Å². The number of anilines is 1. The fourth-order valence-corrected chi connectivity index (χ4v) is 2.56. The van der Waals surface area contributed by atoms with E-state index in [9.17, 15) is 9.90 Å². The van der Waals surface area contributed by atoms with Crippen molar-refractivity contribution in [3.8, 4) is 0 Å². The number of hydrogen-bond acceptors (Lipinski definition) is 3. The molecule has 0 aromatic heterocycles. The first-order valence-electron chi connectivity index (χ1n) is 6.72. The van der Waals surface area contributed by atoms with E-state index in [-0.39, 0.29) is 11.6 Å². The molecule has 1 atom stereocenters. The van der Waals surface area contributed by atoms with E-state index in [0.29, 0.717) is 22.1 Å². The molecule has 2 rings (SSSR count). The summed E-state index contributed by atoms with van der Waals surface area (Å²) in [6.07, 6.45) is 0.455. The van der Waals surface area contributed by atoms with Crippen LogP contribution in [-0.2, 0) is 4.79 Å². The second-order valence-electron chi connectivity index (χ2n) is 4.74. The summed E-state index contributed by atoms with van der Waals surface area (Å²) in [7, 11) is 0. The number of nitrogens with zero attached hydrogens (tertiary/aromatic N) is 2. The maximum Gasteiger partial charge on any atom is 0.275 e. The Balaban J connectivity index is 2.41. The highest BCUT2D eigenvalue weighted by Gasteiger charge is 2.31. The minimum atomic E-state index is -0.844. The van der Waals surface area contributed by atoms with Crippen molar-refractivity contribution in [2.24, 2.45) is 4.99 Å². The largest absolute Gasteiger partial charge is 0.387 e. The minimum Gasteiger partial charge on any atom is -0.387 e. The van der Waals surface area contributed by atoms with Gasteiger partial charge in [0, 0.05) is 5.69 Å². The third-order valence-corrected chi connectivity index (χ3v) is 4.11. The molecule has 6 heteroatoms. The predicted molar refractivity (Wildman–Crippen MR) is 92.0 cm³/mol. The quantitative estimate of drug-likeness (QED) is 0.816. The molecule has 0 saturated heterocycles. The van der Waals surface area contributed by atoms with Crippen LogP contribution >= 0.6 is 31.9 Å². The van der Waals surface area contributed by atoms with Gasteiger partial charge in [0.2, 0.25) is 0 Å². The van der Waals surface area contributed by atoms with Crippen molar-refractivity contribution in [2.75, 3.05) is 11.4 Å². The summed E-state index contributed by atoms with van der Waals surface area (Å²) >= 11 is 6.68. The number of carbonyl (C=O) groups excluding carboxylic acids is 1. The van der Waals surface area contributed by atoms with Crippen LogP contribution in [0.5, 0.6) is 0 Å². The molecule has 0 bridgehead atoms. The number of halogens is 2. The molecule has 1 unspecified atom stereocenters. The highest BCUT2D eigenvalue weighted by atomic mass is 79.9. The number of aliphatic imine (C=N–C) groups is 1. The molecule has 1 aliphatic heterocycles. The second-order valence-corrected chi connectivity index (χ2v) is 7.39. The van der Waals surface area contributed by atoms with Gasteiger partial charge in [-0.2, -0.15) is 0 Å². The first kappa shape index (κ1) is 16.4. The molecule has 1 aromatic rings. The van der Waals surface area contributed by atoms with Gasteiger partial charge < -0.3 is 10.0 Å². The lowest BCUT2D eigenvalue weighted by atomic mass is 10.1. The number of hydrogen-bond donors (Lipinski definition) is 1. The zero-order valence-corrected chi connectivity index (χ0v) is 14.8. The lowest BCUT2D eigenvalue weighted by Gasteiger charge is -2.29. The Morgan fingerprint density at radius 3 is 2.62 bits per heavy atom. The Kier molecular flexibility index (Phi) is 5.72. The van der Waals surface area contributed by atoms with Gasteiger partial charge in [0.1, 0.15) is 11.8 Å². The summed E-state index contributed by atoms with van der Waals surface area (Å²) in [5.41, 5.74) is 1.67. The highest BCUT2D eigenvalue weighted by Crippen LogP contribution is 2.27. The fraction of sp³-hybridized carbons (Fsp3) is 0.333. The third kappa shape index (κ3) is 3.81. The van der Waals surface area contributed by atoms with E-state index < -0.39 is 6.10 Å². The van der Waals surface area contributed by atoms with Crippen LogP contribution in [0.15, 0.2) is 44.4 Å². The van der Waals surface area contributed by atoms with Gasteiger partial charge in [-0.05, 0) is 50.4 Å². The maximum absolute atomic E-state index is 12.6. The standard InChI is InChI=1S/C15H16Br2N2O2/c1-2-6-12(20)13-15(21)19(9-11(18-13)14(16)17)10-7-4-3-5-8-10/h3-5,7-8,12,20H,2,6,9H2,1H3. The van der Waals surface area contributed by atoms with E-state index in [1.54, 1.807) is 4.90 Å². The number of para-hydroxylation sites is 1. The minimum absolute atomic E-state index is 0.193. The summed E-state index contributed by atoms with van der Waals surface area (Å²) in [5, 5.41) is 10.2. The third-order valence-electron chi connectivity index (χ3n) is 3.19. The van der Waals surface area contributed by atoms with Crippen molar-refractivity contribution in [3.63, 3.8) is 0 Å². The smallest absolute Gasteiger partial charge is 0.275 e. The van der Waals surface area contributed by atoms with Crippen molar-refractivity contribution in [2.45, 2.75) is 25.9 Å². The average Bonchev–Trinajstić information content (AvgIpc) is 2.48. The lowest BCUT2D eigenvalue weighted by molar-refractivity contribution is -0.113. The molecule has 1 N–H and O–H groups in total.